The molecule has 1 aliphatic heterocycles. The number of halogens is 1. The summed E-state index contributed by atoms with van der Waals surface area (Å²) in [5.74, 6) is 1.69. The molecule has 0 atom stereocenters. The lowest BCUT2D eigenvalue weighted by atomic mass is 10.0. The minimum atomic E-state index is 0. The van der Waals surface area contributed by atoms with Gasteiger partial charge >= 0.3 is 0 Å². The lowest BCUT2D eigenvalue weighted by Gasteiger charge is -2.33. The van der Waals surface area contributed by atoms with Crippen LogP contribution in [0.4, 0.5) is 0 Å². The number of aryl methyl sites for hydroxylation is 1. The molecule has 1 aliphatic rings. The van der Waals surface area contributed by atoms with E-state index in [1.807, 2.05) is 6.07 Å². The molecule has 6 nitrogen and oxygen atoms in total. The summed E-state index contributed by atoms with van der Waals surface area (Å²) < 4.78 is 5.31. The van der Waals surface area contributed by atoms with Gasteiger partial charge in [-0.2, -0.15) is 0 Å². The predicted molar refractivity (Wildman–Crippen MR) is 114 cm³/mol. The maximum atomic E-state index is 5.31. The number of aromatic nitrogens is 1. The average Bonchev–Trinajstić information content (AvgIpc) is 3.07. The molecule has 0 spiro atoms. The van der Waals surface area contributed by atoms with Crippen molar-refractivity contribution in [3.8, 4) is 0 Å². The van der Waals surface area contributed by atoms with E-state index >= 15 is 0 Å². The molecular weight excluding hydrogens is 429 g/mol. The smallest absolute Gasteiger partial charge is 0.191 e. The molecule has 2 rings (SSSR count). The van der Waals surface area contributed by atoms with Crippen LogP contribution in [0, 0.1) is 0 Å². The Morgan fingerprint density at radius 3 is 2.68 bits per heavy atom. The molecule has 1 aromatic rings. The van der Waals surface area contributed by atoms with Crippen LogP contribution in [0.3, 0.4) is 0 Å². The van der Waals surface area contributed by atoms with E-state index < -0.39 is 0 Å². The molecule has 144 valence electrons. The minimum Gasteiger partial charge on any atom is -0.359 e. The molecule has 0 amide bonds. The number of rotatable bonds is 8. The summed E-state index contributed by atoms with van der Waals surface area (Å²) in [6.07, 6.45) is 5.82. The Balaban J connectivity index is 0.00000312. The zero-order valence-electron chi connectivity index (χ0n) is 15.9. The number of hydrogen-bond acceptors (Lipinski definition) is 4. The van der Waals surface area contributed by atoms with Crippen molar-refractivity contribution in [1.29, 1.82) is 0 Å². The van der Waals surface area contributed by atoms with Crippen LogP contribution in [0.2, 0.25) is 0 Å². The number of nitrogens with zero attached hydrogens (tertiary/aromatic N) is 3. The molecule has 0 bridgehead atoms. The van der Waals surface area contributed by atoms with Crippen LogP contribution >= 0.6 is 24.0 Å². The standard InChI is InChI=1S/C18H33N5O.HI/c1-4-7-10-23-11-8-16(9-12-23)21-18(19-6-3)20-14-17-13-15(5-2)22-24-17;/h13,16H,4-12,14H2,1-3H3,(H2,19,20,21);1H. The number of nitrogens with one attached hydrogen (secondary N) is 2. The van der Waals surface area contributed by atoms with Crippen LogP contribution in [-0.4, -0.2) is 48.2 Å². The maximum Gasteiger partial charge on any atom is 0.191 e. The third-order valence-electron chi connectivity index (χ3n) is 4.46. The van der Waals surface area contributed by atoms with E-state index in [0.717, 1.165) is 30.4 Å². The second kappa shape index (κ2) is 12.5. The summed E-state index contributed by atoms with van der Waals surface area (Å²) in [4.78, 5) is 7.22. The Morgan fingerprint density at radius 2 is 2.08 bits per heavy atom. The van der Waals surface area contributed by atoms with Crippen LogP contribution < -0.4 is 10.6 Å². The Morgan fingerprint density at radius 1 is 1.32 bits per heavy atom. The number of likely N-dealkylation sites (tertiary alicyclic amines) is 1. The molecule has 2 N–H and O–H groups in total. The number of aliphatic imine (C=N–C) groups is 1. The molecule has 2 heterocycles. The fraction of sp³-hybridized carbons (Fsp3) is 0.778. The van der Waals surface area contributed by atoms with Gasteiger partial charge in [0, 0.05) is 31.7 Å². The summed E-state index contributed by atoms with van der Waals surface area (Å²) in [5, 5.41) is 10.9. The van der Waals surface area contributed by atoms with Gasteiger partial charge in [0.05, 0.1) is 5.69 Å². The van der Waals surface area contributed by atoms with Crippen LogP contribution in [0.25, 0.3) is 0 Å². The predicted octanol–water partition coefficient (Wildman–Crippen LogP) is 3.17. The molecule has 0 unspecified atom stereocenters. The monoisotopic (exact) mass is 463 g/mol. The minimum absolute atomic E-state index is 0. The molecule has 1 fully saturated rings. The zero-order chi connectivity index (χ0) is 17.2. The first kappa shape index (κ1) is 22.2. The summed E-state index contributed by atoms with van der Waals surface area (Å²) in [6, 6.07) is 2.49. The summed E-state index contributed by atoms with van der Waals surface area (Å²) >= 11 is 0. The molecule has 0 aliphatic carbocycles. The number of guanidine groups is 1. The van der Waals surface area contributed by atoms with Crippen molar-refractivity contribution < 1.29 is 4.52 Å². The molecule has 0 radical (unpaired) electrons. The average molecular weight is 463 g/mol. The summed E-state index contributed by atoms with van der Waals surface area (Å²) in [5.41, 5.74) is 0.984. The van der Waals surface area contributed by atoms with Crippen molar-refractivity contribution in [3.05, 3.63) is 17.5 Å². The summed E-state index contributed by atoms with van der Waals surface area (Å²) in [6.45, 7) is 11.4. The largest absolute Gasteiger partial charge is 0.359 e. The molecule has 0 aromatic carbocycles. The lowest BCUT2D eigenvalue weighted by Crippen LogP contribution is -2.48. The molecule has 1 aromatic heterocycles. The number of piperidine rings is 1. The van der Waals surface area contributed by atoms with Gasteiger partial charge in [0.25, 0.3) is 0 Å². The summed E-state index contributed by atoms with van der Waals surface area (Å²) in [7, 11) is 0. The van der Waals surface area contributed by atoms with Gasteiger partial charge < -0.3 is 20.1 Å². The van der Waals surface area contributed by atoms with E-state index in [0.29, 0.717) is 12.6 Å². The van der Waals surface area contributed by atoms with Crippen LogP contribution in [0.15, 0.2) is 15.6 Å². The third-order valence-corrected chi connectivity index (χ3v) is 4.46. The van der Waals surface area contributed by atoms with Crippen LogP contribution in [0.1, 0.15) is 57.9 Å². The van der Waals surface area contributed by atoms with Gasteiger partial charge in [-0.15, -0.1) is 24.0 Å². The number of hydrogen-bond donors (Lipinski definition) is 2. The van der Waals surface area contributed by atoms with Gasteiger partial charge in [0.2, 0.25) is 0 Å². The highest BCUT2D eigenvalue weighted by molar-refractivity contribution is 14.0. The van der Waals surface area contributed by atoms with Gasteiger partial charge in [0.15, 0.2) is 11.7 Å². The normalized spacial score (nSPS) is 16.5. The van der Waals surface area contributed by atoms with E-state index in [9.17, 15) is 0 Å². The van der Waals surface area contributed by atoms with E-state index in [-0.39, 0.29) is 24.0 Å². The molecule has 25 heavy (non-hydrogen) atoms. The molecule has 0 saturated carbocycles. The van der Waals surface area contributed by atoms with E-state index in [4.69, 9.17) is 4.52 Å². The second-order valence-corrected chi connectivity index (χ2v) is 6.45. The molecular formula is C18H34IN5O. The fourth-order valence-corrected chi connectivity index (χ4v) is 2.95. The van der Waals surface area contributed by atoms with Crippen molar-refractivity contribution in [1.82, 2.24) is 20.7 Å². The molecule has 1 saturated heterocycles. The number of unbranched alkanes of at least 4 members (excludes halogenated alkanes) is 1. The lowest BCUT2D eigenvalue weighted by molar-refractivity contribution is 0.203. The van der Waals surface area contributed by atoms with Gasteiger partial charge in [-0.3, -0.25) is 0 Å². The van der Waals surface area contributed by atoms with E-state index in [1.165, 1.54) is 45.3 Å². The highest BCUT2D eigenvalue weighted by Gasteiger charge is 2.19. The first-order valence-corrected chi connectivity index (χ1v) is 9.46. The van der Waals surface area contributed by atoms with Crippen LogP contribution in [-0.2, 0) is 13.0 Å². The fourth-order valence-electron chi connectivity index (χ4n) is 2.95. The first-order chi connectivity index (χ1) is 11.7. The van der Waals surface area contributed by atoms with Crippen molar-refractivity contribution in [3.63, 3.8) is 0 Å². The highest BCUT2D eigenvalue weighted by atomic mass is 127. The van der Waals surface area contributed by atoms with Crippen LogP contribution in [0.5, 0.6) is 0 Å². The maximum absolute atomic E-state index is 5.31. The van der Waals surface area contributed by atoms with Crippen molar-refractivity contribution in [2.45, 2.75) is 65.5 Å². The van der Waals surface area contributed by atoms with E-state index in [2.05, 4.69) is 46.5 Å². The van der Waals surface area contributed by atoms with Crippen molar-refractivity contribution in [2.75, 3.05) is 26.2 Å². The zero-order valence-corrected chi connectivity index (χ0v) is 18.2. The van der Waals surface area contributed by atoms with Crippen molar-refractivity contribution in [2.24, 2.45) is 4.99 Å². The Bertz CT molecular complexity index is 497. The first-order valence-electron chi connectivity index (χ1n) is 9.46. The highest BCUT2D eigenvalue weighted by Crippen LogP contribution is 2.11. The van der Waals surface area contributed by atoms with Crippen molar-refractivity contribution >= 4 is 29.9 Å². The molecule has 7 heteroatoms. The third kappa shape index (κ3) is 7.94. The Kier molecular flexibility index (Phi) is 11.1. The Labute approximate surface area is 169 Å². The second-order valence-electron chi connectivity index (χ2n) is 6.45. The Hall–Kier alpha value is -0.830. The quantitative estimate of drug-likeness (QED) is 0.352. The SMILES string of the molecule is CCCCN1CCC(NC(=NCc2cc(CC)no2)NCC)CC1.I. The van der Waals surface area contributed by atoms with Gasteiger partial charge in [-0.1, -0.05) is 25.4 Å². The van der Waals surface area contributed by atoms with Gasteiger partial charge in [-0.25, -0.2) is 4.99 Å². The van der Waals surface area contributed by atoms with Gasteiger partial charge in [0.1, 0.15) is 6.54 Å². The van der Waals surface area contributed by atoms with E-state index in [1.54, 1.807) is 0 Å². The van der Waals surface area contributed by atoms with Gasteiger partial charge in [-0.05, 0) is 39.2 Å². The topological polar surface area (TPSA) is 65.7 Å².